The lowest BCUT2D eigenvalue weighted by Gasteiger charge is -2.31. The Bertz CT molecular complexity index is 484. The molecule has 1 heterocycles. The van der Waals surface area contributed by atoms with Gasteiger partial charge < -0.3 is 10.8 Å². The predicted octanol–water partition coefficient (Wildman–Crippen LogP) is 4.13. The van der Waals surface area contributed by atoms with Gasteiger partial charge in [0.25, 0.3) is 0 Å². The van der Waals surface area contributed by atoms with E-state index in [0.717, 1.165) is 32.1 Å². The fraction of sp³-hybridized carbons (Fsp3) is 0.688. The molecule has 2 atom stereocenters. The van der Waals surface area contributed by atoms with Crippen molar-refractivity contribution in [2.75, 3.05) is 5.73 Å². The van der Waals surface area contributed by atoms with E-state index in [1.54, 1.807) is 6.07 Å². The molecule has 1 saturated carbocycles. The summed E-state index contributed by atoms with van der Waals surface area (Å²) in [5.74, 6) is 1.02. The molecule has 0 saturated heterocycles. The Kier molecular flexibility index (Phi) is 4.31. The van der Waals surface area contributed by atoms with Crippen LogP contribution in [0, 0.1) is 11.3 Å². The second-order valence-corrected chi connectivity index (χ2v) is 7.55. The molecule has 3 N–H and O–H groups in total. The lowest BCUT2D eigenvalue weighted by molar-refractivity contribution is 0.0184. The number of hydrogen-bond donors (Lipinski definition) is 2. The van der Waals surface area contributed by atoms with Crippen LogP contribution in [-0.2, 0) is 5.60 Å². The van der Waals surface area contributed by atoms with Crippen molar-refractivity contribution in [3.8, 4) is 0 Å². The van der Waals surface area contributed by atoms with Crippen LogP contribution in [0.5, 0.6) is 0 Å². The third kappa shape index (κ3) is 3.26. The average Bonchev–Trinajstić information content (AvgIpc) is 2.55. The maximum Gasteiger partial charge on any atom is 0.129 e. The monoisotopic (exact) mass is 296 g/mol. The Labute approximate surface area is 126 Å². The molecular formula is C16H25ClN2O. The third-order valence-electron chi connectivity index (χ3n) is 4.66. The first-order chi connectivity index (χ1) is 9.22. The molecule has 0 amide bonds. The number of halogens is 1. The van der Waals surface area contributed by atoms with Gasteiger partial charge in [0.1, 0.15) is 5.82 Å². The topological polar surface area (TPSA) is 59.1 Å². The summed E-state index contributed by atoms with van der Waals surface area (Å²) in [4.78, 5) is 4.08. The maximum atomic E-state index is 11.0. The van der Waals surface area contributed by atoms with Crippen LogP contribution >= 0.6 is 11.6 Å². The number of hydrogen-bond acceptors (Lipinski definition) is 3. The number of nitrogens with zero attached hydrogens (tertiary/aromatic N) is 1. The number of pyridine rings is 1. The van der Waals surface area contributed by atoms with E-state index in [2.05, 4.69) is 25.8 Å². The minimum atomic E-state index is -0.887. The molecular weight excluding hydrogens is 272 g/mol. The summed E-state index contributed by atoms with van der Waals surface area (Å²) in [5.41, 5.74) is 6.04. The molecule has 3 nitrogen and oxygen atoms in total. The van der Waals surface area contributed by atoms with Crippen LogP contribution in [0.2, 0.25) is 5.02 Å². The summed E-state index contributed by atoms with van der Waals surface area (Å²) in [6.45, 7) is 6.83. The van der Waals surface area contributed by atoms with Crippen molar-refractivity contribution < 1.29 is 5.11 Å². The fourth-order valence-electron chi connectivity index (χ4n) is 3.28. The highest BCUT2D eigenvalue weighted by atomic mass is 35.5. The Balaban J connectivity index is 2.25. The molecule has 1 fully saturated rings. The van der Waals surface area contributed by atoms with Crippen molar-refractivity contribution in [1.82, 2.24) is 4.98 Å². The molecule has 0 bridgehead atoms. The Morgan fingerprint density at radius 3 is 2.70 bits per heavy atom. The van der Waals surface area contributed by atoms with Crippen molar-refractivity contribution in [1.29, 1.82) is 0 Å². The zero-order valence-corrected chi connectivity index (χ0v) is 13.4. The van der Waals surface area contributed by atoms with Gasteiger partial charge in [-0.25, -0.2) is 4.98 Å². The lowest BCUT2D eigenvalue weighted by Crippen LogP contribution is -2.27. The summed E-state index contributed by atoms with van der Waals surface area (Å²) in [6, 6.07) is 1.77. The average molecular weight is 297 g/mol. The molecule has 0 spiro atoms. The van der Waals surface area contributed by atoms with Crippen molar-refractivity contribution in [3.05, 3.63) is 22.8 Å². The number of aromatic nitrogens is 1. The van der Waals surface area contributed by atoms with Gasteiger partial charge in [0.2, 0.25) is 0 Å². The molecule has 0 aromatic carbocycles. The second kappa shape index (κ2) is 5.53. The molecule has 1 aliphatic carbocycles. The molecule has 0 aliphatic heterocycles. The number of rotatable bonds is 1. The zero-order valence-electron chi connectivity index (χ0n) is 12.6. The van der Waals surface area contributed by atoms with E-state index in [1.165, 1.54) is 6.20 Å². The highest BCUT2D eigenvalue weighted by Crippen LogP contribution is 2.44. The van der Waals surface area contributed by atoms with Crippen molar-refractivity contribution in [2.24, 2.45) is 11.3 Å². The van der Waals surface area contributed by atoms with Crippen LogP contribution in [0.3, 0.4) is 0 Å². The van der Waals surface area contributed by atoms with E-state index in [1.807, 2.05) is 0 Å². The molecule has 2 rings (SSSR count). The van der Waals surface area contributed by atoms with Gasteiger partial charge >= 0.3 is 0 Å². The first-order valence-electron chi connectivity index (χ1n) is 7.36. The summed E-state index contributed by atoms with van der Waals surface area (Å²) in [5, 5.41) is 11.6. The summed E-state index contributed by atoms with van der Waals surface area (Å²) in [6.07, 6.45) is 6.14. The van der Waals surface area contributed by atoms with E-state index in [9.17, 15) is 5.11 Å². The standard InChI is InChI=1S/C16H25ClN2O/c1-15(2,3)11-5-4-7-16(20,8-6-11)13-9-12(17)10-19-14(13)18/h9-11,20H,4-8H2,1-3H3,(H2,18,19). The van der Waals surface area contributed by atoms with Crippen LogP contribution in [0.1, 0.15) is 58.4 Å². The molecule has 2 unspecified atom stereocenters. The van der Waals surface area contributed by atoms with Crippen molar-refractivity contribution in [3.63, 3.8) is 0 Å². The fourth-order valence-corrected chi connectivity index (χ4v) is 3.44. The van der Waals surface area contributed by atoms with Crippen LogP contribution in [0.15, 0.2) is 12.3 Å². The van der Waals surface area contributed by atoms with Crippen LogP contribution in [-0.4, -0.2) is 10.1 Å². The Hall–Kier alpha value is -0.800. The van der Waals surface area contributed by atoms with Crippen LogP contribution in [0.25, 0.3) is 0 Å². The predicted molar refractivity (Wildman–Crippen MR) is 83.6 cm³/mol. The number of aliphatic hydroxyl groups is 1. The summed E-state index contributed by atoms with van der Waals surface area (Å²) < 4.78 is 0. The van der Waals surface area contributed by atoms with Crippen LogP contribution in [0.4, 0.5) is 5.82 Å². The maximum absolute atomic E-state index is 11.0. The van der Waals surface area contributed by atoms with Gasteiger partial charge in [0, 0.05) is 11.8 Å². The van der Waals surface area contributed by atoms with E-state index >= 15 is 0 Å². The summed E-state index contributed by atoms with van der Waals surface area (Å²) >= 11 is 6.01. The van der Waals surface area contributed by atoms with Crippen LogP contribution < -0.4 is 5.73 Å². The first-order valence-corrected chi connectivity index (χ1v) is 7.74. The number of anilines is 1. The Morgan fingerprint density at radius 1 is 1.35 bits per heavy atom. The summed E-state index contributed by atoms with van der Waals surface area (Å²) in [7, 11) is 0. The third-order valence-corrected chi connectivity index (χ3v) is 4.87. The molecule has 112 valence electrons. The molecule has 4 heteroatoms. The van der Waals surface area contributed by atoms with Gasteiger partial charge in [0.15, 0.2) is 0 Å². The van der Waals surface area contributed by atoms with E-state index in [0.29, 0.717) is 22.3 Å². The van der Waals surface area contributed by atoms with E-state index < -0.39 is 5.60 Å². The minimum Gasteiger partial charge on any atom is -0.385 e. The van der Waals surface area contributed by atoms with Crippen molar-refractivity contribution in [2.45, 2.75) is 58.5 Å². The molecule has 20 heavy (non-hydrogen) atoms. The van der Waals surface area contributed by atoms with Gasteiger partial charge in [-0.3, -0.25) is 0 Å². The zero-order chi connectivity index (χ0) is 15.0. The SMILES string of the molecule is CC(C)(C)C1CCCC(O)(c2cc(Cl)cnc2N)CC1. The number of nitrogens with two attached hydrogens (primary N) is 1. The Morgan fingerprint density at radius 2 is 2.05 bits per heavy atom. The minimum absolute atomic E-state index is 0.281. The molecule has 1 aromatic heterocycles. The normalized spacial score (nSPS) is 28.1. The van der Waals surface area contributed by atoms with Gasteiger partial charge in [-0.15, -0.1) is 0 Å². The lowest BCUT2D eigenvalue weighted by atomic mass is 9.76. The van der Waals surface area contributed by atoms with E-state index in [-0.39, 0.29) is 5.41 Å². The molecule has 1 aromatic rings. The molecule has 0 radical (unpaired) electrons. The highest BCUT2D eigenvalue weighted by Gasteiger charge is 2.37. The largest absolute Gasteiger partial charge is 0.385 e. The van der Waals surface area contributed by atoms with Crippen molar-refractivity contribution >= 4 is 17.4 Å². The van der Waals surface area contributed by atoms with Gasteiger partial charge in [-0.2, -0.15) is 0 Å². The second-order valence-electron chi connectivity index (χ2n) is 7.11. The smallest absolute Gasteiger partial charge is 0.129 e. The molecule has 1 aliphatic rings. The first kappa shape index (κ1) is 15.6. The highest BCUT2D eigenvalue weighted by molar-refractivity contribution is 6.30. The van der Waals surface area contributed by atoms with E-state index in [4.69, 9.17) is 17.3 Å². The van der Waals surface area contributed by atoms with Gasteiger partial charge in [0.05, 0.1) is 10.6 Å². The van der Waals surface area contributed by atoms with Gasteiger partial charge in [-0.1, -0.05) is 32.4 Å². The number of nitrogen functional groups attached to an aromatic ring is 1. The van der Waals surface area contributed by atoms with Gasteiger partial charge in [-0.05, 0) is 49.5 Å². The quantitative estimate of drug-likeness (QED) is 0.766.